The molecule has 0 radical (unpaired) electrons. The van der Waals surface area contributed by atoms with E-state index in [2.05, 4.69) is 26.0 Å². The maximum Gasteiger partial charge on any atom is 0.321 e. The lowest BCUT2D eigenvalue weighted by Gasteiger charge is -2.06. The third-order valence-corrected chi connectivity index (χ3v) is 2.46. The molecule has 106 valence electrons. The number of halogens is 2. The van der Waals surface area contributed by atoms with Gasteiger partial charge in [-0.15, -0.1) is 5.10 Å². The number of nitrogens with one attached hydrogen (secondary N) is 2. The summed E-state index contributed by atoms with van der Waals surface area (Å²) < 4.78 is 26.7. The summed E-state index contributed by atoms with van der Waals surface area (Å²) in [6.07, 6.45) is 0.0415. The van der Waals surface area contributed by atoms with Crippen molar-refractivity contribution in [1.29, 1.82) is 0 Å². The number of benzene rings is 1. The molecule has 2 rings (SSSR count). The number of carbonyl (C=O) groups is 1. The zero-order valence-corrected chi connectivity index (χ0v) is 10.6. The fourth-order valence-corrected chi connectivity index (χ4v) is 1.55. The van der Waals surface area contributed by atoms with Crippen molar-refractivity contribution in [3.63, 3.8) is 0 Å². The molecule has 0 aliphatic carbocycles. The predicted octanol–water partition coefficient (Wildman–Crippen LogP) is 0.852. The minimum atomic E-state index is -0.636. The van der Waals surface area contributed by atoms with Gasteiger partial charge in [0.1, 0.15) is 11.6 Å². The number of hydrogen-bond donors (Lipinski definition) is 2. The summed E-state index contributed by atoms with van der Waals surface area (Å²) in [7, 11) is 1.55. The Kier molecular flexibility index (Phi) is 4.18. The molecule has 2 N–H and O–H groups in total. The summed E-state index contributed by atoms with van der Waals surface area (Å²) in [6.45, 7) is 0.0734. The number of carbonyl (C=O) groups excluding carboxylic acids is 1. The zero-order valence-electron chi connectivity index (χ0n) is 10.6. The van der Waals surface area contributed by atoms with Crippen LogP contribution in [0.5, 0.6) is 0 Å². The molecule has 7 nitrogen and oxygen atoms in total. The van der Waals surface area contributed by atoms with Gasteiger partial charge in [-0.3, -0.25) is 5.32 Å². The molecule has 0 bridgehead atoms. The highest BCUT2D eigenvalue weighted by atomic mass is 19.1. The van der Waals surface area contributed by atoms with Crippen LogP contribution in [0.2, 0.25) is 0 Å². The maximum absolute atomic E-state index is 13.3. The number of aryl methyl sites for hydroxylation is 1. The number of anilines is 1. The van der Waals surface area contributed by atoms with E-state index in [1.54, 1.807) is 7.05 Å². The molecular weight excluding hydrogens is 270 g/mol. The van der Waals surface area contributed by atoms with Crippen molar-refractivity contribution in [2.75, 3.05) is 11.9 Å². The third kappa shape index (κ3) is 3.46. The predicted molar refractivity (Wildman–Crippen MR) is 65.9 cm³/mol. The van der Waals surface area contributed by atoms with Gasteiger partial charge < -0.3 is 5.32 Å². The molecule has 0 atom stereocenters. The Morgan fingerprint density at radius 2 is 2.05 bits per heavy atom. The summed E-state index contributed by atoms with van der Waals surface area (Å²) >= 11 is 0. The zero-order chi connectivity index (χ0) is 14.5. The van der Waals surface area contributed by atoms with Gasteiger partial charge >= 0.3 is 6.03 Å². The molecule has 2 aromatic rings. The molecule has 0 unspecified atom stereocenters. The van der Waals surface area contributed by atoms with E-state index in [-0.39, 0.29) is 24.5 Å². The van der Waals surface area contributed by atoms with Gasteiger partial charge in [0.15, 0.2) is 0 Å². The van der Waals surface area contributed by atoms with Gasteiger partial charge in [0.25, 0.3) is 5.95 Å². The van der Waals surface area contributed by atoms with E-state index < -0.39 is 17.7 Å². The summed E-state index contributed by atoms with van der Waals surface area (Å²) in [6, 6.07) is 3.05. The number of hydrogen-bond acceptors (Lipinski definition) is 4. The van der Waals surface area contributed by atoms with Crippen LogP contribution in [0.25, 0.3) is 0 Å². The standard InChI is InChI=1S/C11H12F2N6O/c1-19-17-10(16-18-19)15-11(20)14-6-5-7-8(12)3-2-4-9(7)13/h2-4H,5-6H2,1H3,(H2,14,15,17,20). The second kappa shape index (κ2) is 6.04. The summed E-state index contributed by atoms with van der Waals surface area (Å²) in [5.74, 6) is -1.23. The smallest absolute Gasteiger partial charge is 0.321 e. The largest absolute Gasteiger partial charge is 0.337 e. The Balaban J connectivity index is 1.82. The fourth-order valence-electron chi connectivity index (χ4n) is 1.55. The maximum atomic E-state index is 13.3. The minimum Gasteiger partial charge on any atom is -0.337 e. The second-order valence-corrected chi connectivity index (χ2v) is 3.93. The topological polar surface area (TPSA) is 84.7 Å². The highest BCUT2D eigenvalue weighted by Crippen LogP contribution is 2.11. The normalized spacial score (nSPS) is 10.3. The number of amides is 2. The van der Waals surface area contributed by atoms with Crippen LogP contribution >= 0.6 is 0 Å². The highest BCUT2D eigenvalue weighted by Gasteiger charge is 2.09. The molecule has 20 heavy (non-hydrogen) atoms. The molecule has 0 fully saturated rings. The molecule has 0 saturated carbocycles. The molecule has 1 aromatic carbocycles. The lowest BCUT2D eigenvalue weighted by Crippen LogP contribution is -2.31. The van der Waals surface area contributed by atoms with Crippen molar-refractivity contribution >= 4 is 12.0 Å². The molecule has 1 aromatic heterocycles. The number of nitrogens with zero attached hydrogens (tertiary/aromatic N) is 4. The quantitative estimate of drug-likeness (QED) is 0.870. The summed E-state index contributed by atoms with van der Waals surface area (Å²) in [5.41, 5.74) is -0.0644. The monoisotopic (exact) mass is 282 g/mol. The van der Waals surface area contributed by atoms with Crippen LogP contribution in [-0.4, -0.2) is 32.8 Å². The summed E-state index contributed by atoms with van der Waals surface area (Å²) in [4.78, 5) is 12.6. The van der Waals surface area contributed by atoms with Crippen LogP contribution in [0.3, 0.4) is 0 Å². The average molecular weight is 282 g/mol. The highest BCUT2D eigenvalue weighted by molar-refractivity contribution is 5.87. The van der Waals surface area contributed by atoms with Crippen LogP contribution in [0.15, 0.2) is 18.2 Å². The van der Waals surface area contributed by atoms with Crippen LogP contribution in [0.4, 0.5) is 19.5 Å². The van der Waals surface area contributed by atoms with Crippen molar-refractivity contribution in [3.05, 3.63) is 35.4 Å². The van der Waals surface area contributed by atoms with E-state index in [1.807, 2.05) is 0 Å². The lowest BCUT2D eigenvalue weighted by atomic mass is 10.1. The van der Waals surface area contributed by atoms with Crippen molar-refractivity contribution in [3.8, 4) is 0 Å². The first-order valence-corrected chi connectivity index (χ1v) is 5.78. The first kappa shape index (κ1) is 13.8. The number of aromatic nitrogens is 4. The van der Waals surface area contributed by atoms with Gasteiger partial charge in [-0.05, 0) is 23.8 Å². The number of tetrazole rings is 1. The van der Waals surface area contributed by atoms with Crippen molar-refractivity contribution in [1.82, 2.24) is 25.5 Å². The molecule has 9 heteroatoms. The first-order chi connectivity index (χ1) is 9.56. The Morgan fingerprint density at radius 1 is 1.35 bits per heavy atom. The van der Waals surface area contributed by atoms with E-state index in [9.17, 15) is 13.6 Å². The van der Waals surface area contributed by atoms with Gasteiger partial charge in [-0.2, -0.15) is 4.80 Å². The van der Waals surface area contributed by atoms with E-state index in [1.165, 1.54) is 23.0 Å². The van der Waals surface area contributed by atoms with Crippen molar-refractivity contribution in [2.45, 2.75) is 6.42 Å². The summed E-state index contributed by atoms with van der Waals surface area (Å²) in [5, 5.41) is 15.6. The molecule has 2 amide bonds. The van der Waals surface area contributed by atoms with E-state index in [4.69, 9.17) is 0 Å². The Morgan fingerprint density at radius 3 is 2.65 bits per heavy atom. The van der Waals surface area contributed by atoms with Crippen molar-refractivity contribution < 1.29 is 13.6 Å². The first-order valence-electron chi connectivity index (χ1n) is 5.78. The van der Waals surface area contributed by atoms with Crippen LogP contribution in [-0.2, 0) is 13.5 Å². The number of rotatable bonds is 4. The minimum absolute atomic E-state index is 0.0415. The molecule has 1 heterocycles. The van der Waals surface area contributed by atoms with Crippen LogP contribution in [0.1, 0.15) is 5.56 Å². The average Bonchev–Trinajstić information content (AvgIpc) is 2.78. The second-order valence-electron chi connectivity index (χ2n) is 3.93. The Labute approximate surface area is 113 Å². The molecule has 0 saturated heterocycles. The molecule has 0 aliphatic heterocycles. The van der Waals surface area contributed by atoms with Crippen molar-refractivity contribution in [2.24, 2.45) is 7.05 Å². The van der Waals surface area contributed by atoms with Gasteiger partial charge in [0, 0.05) is 12.1 Å². The van der Waals surface area contributed by atoms with E-state index in [0.717, 1.165) is 0 Å². The lowest BCUT2D eigenvalue weighted by molar-refractivity contribution is 0.252. The van der Waals surface area contributed by atoms with Gasteiger partial charge in [-0.1, -0.05) is 11.2 Å². The van der Waals surface area contributed by atoms with Gasteiger partial charge in [0.2, 0.25) is 0 Å². The number of urea groups is 1. The molecular formula is C11H12F2N6O. The van der Waals surface area contributed by atoms with Gasteiger partial charge in [0.05, 0.1) is 7.05 Å². The Hall–Kier alpha value is -2.58. The fraction of sp³-hybridized carbons (Fsp3) is 0.273. The van der Waals surface area contributed by atoms with Gasteiger partial charge in [-0.25, -0.2) is 13.6 Å². The van der Waals surface area contributed by atoms with E-state index >= 15 is 0 Å². The van der Waals surface area contributed by atoms with Crippen LogP contribution in [0, 0.1) is 11.6 Å². The SMILES string of the molecule is Cn1nnc(NC(=O)NCCc2c(F)cccc2F)n1. The van der Waals surface area contributed by atoms with Crippen LogP contribution < -0.4 is 10.6 Å². The van der Waals surface area contributed by atoms with E-state index in [0.29, 0.717) is 0 Å². The molecule has 0 spiro atoms. The molecule has 0 aliphatic rings. The Bertz CT molecular complexity index is 594. The third-order valence-electron chi connectivity index (χ3n) is 2.46.